The molecule has 1 atom stereocenters. The molecular weight excluding hydrogens is 287 g/mol. The Hall–Kier alpha value is -1.95. The van der Waals surface area contributed by atoms with Crippen LogP contribution in [-0.4, -0.2) is 29.6 Å². The van der Waals surface area contributed by atoms with E-state index in [-0.39, 0.29) is 18.2 Å². The summed E-state index contributed by atoms with van der Waals surface area (Å²) in [5, 5.41) is 14.7. The topological polar surface area (TPSA) is 78.4 Å². The van der Waals surface area contributed by atoms with E-state index in [1.165, 1.54) is 12.1 Å². The van der Waals surface area contributed by atoms with Crippen LogP contribution in [0.15, 0.2) is 18.2 Å². The molecule has 0 aromatic heterocycles. The molecule has 6 heteroatoms. The minimum atomic E-state index is -0.873. The molecule has 5 nitrogen and oxygen atoms in total. The third-order valence-corrected chi connectivity index (χ3v) is 4.05. The average Bonchev–Trinajstić information content (AvgIpc) is 3.02. The van der Waals surface area contributed by atoms with Gasteiger partial charge in [0.15, 0.2) is 0 Å². The standard InChI is InChI=1S/C16H21FN2O3/c1-10-6-7-12(8-13(10)17)19-16(22)15(21)18-9-14(20)11-4-2-3-5-11/h6-8,11,14,20H,2-5,9H2,1H3,(H,18,21)(H,19,22). The van der Waals surface area contributed by atoms with Crippen molar-refractivity contribution in [1.29, 1.82) is 0 Å². The Kier molecular flexibility index (Phi) is 5.49. The van der Waals surface area contributed by atoms with Gasteiger partial charge in [-0.25, -0.2) is 4.39 Å². The number of aryl methyl sites for hydroxylation is 1. The van der Waals surface area contributed by atoms with Crippen molar-refractivity contribution < 1.29 is 19.1 Å². The molecule has 0 bridgehead atoms. The van der Waals surface area contributed by atoms with E-state index in [1.807, 2.05) is 0 Å². The molecule has 0 heterocycles. The minimum absolute atomic E-state index is 0.0547. The van der Waals surface area contributed by atoms with Crippen LogP contribution in [0.25, 0.3) is 0 Å². The number of benzene rings is 1. The van der Waals surface area contributed by atoms with Crippen molar-refractivity contribution in [3.05, 3.63) is 29.6 Å². The average molecular weight is 308 g/mol. The second-order valence-electron chi connectivity index (χ2n) is 5.74. The highest BCUT2D eigenvalue weighted by molar-refractivity contribution is 6.39. The van der Waals surface area contributed by atoms with E-state index in [1.54, 1.807) is 6.92 Å². The molecule has 0 radical (unpaired) electrons. The zero-order chi connectivity index (χ0) is 16.1. The predicted octanol–water partition coefficient (Wildman–Crippen LogP) is 1.74. The summed E-state index contributed by atoms with van der Waals surface area (Å²) in [4.78, 5) is 23.4. The number of aliphatic hydroxyl groups excluding tert-OH is 1. The van der Waals surface area contributed by atoms with Gasteiger partial charge in [-0.05, 0) is 43.4 Å². The van der Waals surface area contributed by atoms with Gasteiger partial charge in [0.1, 0.15) is 5.82 Å². The number of carbonyl (C=O) groups is 2. The highest BCUT2D eigenvalue weighted by atomic mass is 19.1. The lowest BCUT2D eigenvalue weighted by Gasteiger charge is -2.17. The molecule has 1 aromatic carbocycles. The molecular formula is C16H21FN2O3. The zero-order valence-corrected chi connectivity index (χ0v) is 12.6. The summed E-state index contributed by atoms with van der Waals surface area (Å²) >= 11 is 0. The molecule has 3 N–H and O–H groups in total. The van der Waals surface area contributed by atoms with Crippen LogP contribution in [-0.2, 0) is 9.59 Å². The number of amides is 2. The van der Waals surface area contributed by atoms with Crippen LogP contribution < -0.4 is 10.6 Å². The summed E-state index contributed by atoms with van der Waals surface area (Å²) in [6.45, 7) is 1.66. The van der Waals surface area contributed by atoms with Gasteiger partial charge in [0, 0.05) is 12.2 Å². The van der Waals surface area contributed by atoms with Gasteiger partial charge in [0.25, 0.3) is 0 Å². The van der Waals surface area contributed by atoms with Crippen molar-refractivity contribution in [2.45, 2.75) is 38.7 Å². The molecule has 1 fully saturated rings. The second-order valence-corrected chi connectivity index (χ2v) is 5.74. The van der Waals surface area contributed by atoms with Crippen LogP contribution in [0.5, 0.6) is 0 Å². The van der Waals surface area contributed by atoms with Crippen molar-refractivity contribution in [2.75, 3.05) is 11.9 Å². The van der Waals surface area contributed by atoms with Gasteiger partial charge in [-0.3, -0.25) is 9.59 Å². The summed E-state index contributed by atoms with van der Waals surface area (Å²) in [6.07, 6.45) is 3.46. The Morgan fingerprint density at radius 3 is 2.64 bits per heavy atom. The fraction of sp³-hybridized carbons (Fsp3) is 0.500. The zero-order valence-electron chi connectivity index (χ0n) is 12.6. The molecule has 2 amide bonds. The van der Waals surface area contributed by atoms with Crippen LogP contribution in [0.2, 0.25) is 0 Å². The maximum absolute atomic E-state index is 13.4. The number of carbonyl (C=O) groups excluding carboxylic acids is 2. The Balaban J connectivity index is 1.81. The van der Waals surface area contributed by atoms with Gasteiger partial charge in [-0.1, -0.05) is 18.9 Å². The summed E-state index contributed by atoms with van der Waals surface area (Å²) in [6, 6.07) is 4.21. The van der Waals surface area contributed by atoms with E-state index < -0.39 is 23.7 Å². The molecule has 0 aliphatic heterocycles. The third-order valence-electron chi connectivity index (χ3n) is 4.05. The first-order valence-corrected chi connectivity index (χ1v) is 7.51. The molecule has 0 saturated heterocycles. The van der Waals surface area contributed by atoms with E-state index in [0.29, 0.717) is 5.56 Å². The van der Waals surface area contributed by atoms with Crippen molar-refractivity contribution >= 4 is 17.5 Å². The first kappa shape index (κ1) is 16.4. The maximum Gasteiger partial charge on any atom is 0.313 e. The monoisotopic (exact) mass is 308 g/mol. The fourth-order valence-corrected chi connectivity index (χ4v) is 2.64. The minimum Gasteiger partial charge on any atom is -0.391 e. The van der Waals surface area contributed by atoms with Crippen molar-refractivity contribution in [2.24, 2.45) is 5.92 Å². The molecule has 1 saturated carbocycles. The van der Waals surface area contributed by atoms with Gasteiger partial charge in [0.05, 0.1) is 6.10 Å². The van der Waals surface area contributed by atoms with Crippen LogP contribution in [0.1, 0.15) is 31.2 Å². The van der Waals surface area contributed by atoms with E-state index >= 15 is 0 Å². The van der Waals surface area contributed by atoms with Crippen LogP contribution in [0, 0.1) is 18.7 Å². The van der Waals surface area contributed by atoms with Gasteiger partial charge in [0.2, 0.25) is 0 Å². The number of hydrogen-bond donors (Lipinski definition) is 3. The fourth-order valence-electron chi connectivity index (χ4n) is 2.64. The molecule has 1 unspecified atom stereocenters. The maximum atomic E-state index is 13.4. The molecule has 1 aliphatic carbocycles. The summed E-state index contributed by atoms with van der Waals surface area (Å²) in [5.41, 5.74) is 0.682. The lowest BCUT2D eigenvalue weighted by Crippen LogP contribution is -2.41. The highest BCUT2D eigenvalue weighted by Crippen LogP contribution is 2.27. The molecule has 2 rings (SSSR count). The highest BCUT2D eigenvalue weighted by Gasteiger charge is 2.24. The molecule has 1 aromatic rings. The third kappa shape index (κ3) is 4.27. The largest absolute Gasteiger partial charge is 0.391 e. The number of halogens is 1. The predicted molar refractivity (Wildman–Crippen MR) is 80.7 cm³/mol. The van der Waals surface area contributed by atoms with Crippen LogP contribution >= 0.6 is 0 Å². The number of aliphatic hydroxyl groups is 1. The lowest BCUT2D eigenvalue weighted by atomic mass is 10.0. The van der Waals surface area contributed by atoms with Crippen molar-refractivity contribution in [3.63, 3.8) is 0 Å². The van der Waals surface area contributed by atoms with Gasteiger partial charge >= 0.3 is 11.8 Å². The smallest absolute Gasteiger partial charge is 0.313 e. The molecule has 1 aliphatic rings. The first-order valence-electron chi connectivity index (χ1n) is 7.51. The summed E-state index contributed by atoms with van der Waals surface area (Å²) < 4.78 is 13.4. The summed E-state index contributed by atoms with van der Waals surface area (Å²) in [7, 11) is 0. The van der Waals surface area contributed by atoms with Crippen molar-refractivity contribution in [3.8, 4) is 0 Å². The number of nitrogens with one attached hydrogen (secondary N) is 2. The molecule has 0 spiro atoms. The van der Waals surface area contributed by atoms with Crippen LogP contribution in [0.4, 0.5) is 10.1 Å². The van der Waals surface area contributed by atoms with Crippen LogP contribution in [0.3, 0.4) is 0 Å². The van der Waals surface area contributed by atoms with Gasteiger partial charge in [-0.15, -0.1) is 0 Å². The van der Waals surface area contributed by atoms with Gasteiger partial charge < -0.3 is 15.7 Å². The Morgan fingerprint density at radius 2 is 2.00 bits per heavy atom. The van der Waals surface area contributed by atoms with E-state index in [4.69, 9.17) is 0 Å². The number of anilines is 1. The SMILES string of the molecule is Cc1ccc(NC(=O)C(=O)NCC(O)C2CCCC2)cc1F. The Labute approximate surface area is 128 Å². The van der Waals surface area contributed by atoms with Gasteiger partial charge in [-0.2, -0.15) is 0 Å². The number of hydrogen-bond acceptors (Lipinski definition) is 3. The van der Waals surface area contributed by atoms with E-state index in [9.17, 15) is 19.1 Å². The molecule has 22 heavy (non-hydrogen) atoms. The molecule has 120 valence electrons. The van der Waals surface area contributed by atoms with E-state index in [0.717, 1.165) is 31.7 Å². The first-order chi connectivity index (χ1) is 10.5. The Bertz CT molecular complexity index is 556. The quantitative estimate of drug-likeness (QED) is 0.741. The van der Waals surface area contributed by atoms with E-state index in [2.05, 4.69) is 10.6 Å². The second kappa shape index (κ2) is 7.35. The number of rotatable bonds is 4. The Morgan fingerprint density at radius 1 is 1.32 bits per heavy atom. The summed E-state index contributed by atoms with van der Waals surface area (Å²) in [5.74, 6) is -1.97. The lowest BCUT2D eigenvalue weighted by molar-refractivity contribution is -0.136. The van der Waals surface area contributed by atoms with Crippen molar-refractivity contribution in [1.82, 2.24) is 5.32 Å². The normalized spacial score (nSPS) is 16.3.